The first-order valence-electron chi connectivity index (χ1n) is 5.19. The third-order valence-corrected chi connectivity index (χ3v) is 2.42. The molecule has 4 nitrogen and oxygen atoms in total. The average molecular weight is 294 g/mol. The number of hydrogen-bond acceptors (Lipinski definition) is 4. The largest absolute Gasteiger partial charge is 0.629 e. The van der Waals surface area contributed by atoms with E-state index in [1.165, 1.54) is 25.0 Å². The molecule has 1 heterocycles. The molecule has 2 rings (SSSR count). The summed E-state index contributed by atoms with van der Waals surface area (Å²) in [5, 5.41) is 0. The molecule has 1 aromatic rings. The normalized spacial score (nSPS) is 16.2. The number of hydrogen-bond donors (Lipinski definition) is 0. The van der Waals surface area contributed by atoms with E-state index in [1.54, 1.807) is 0 Å². The SMILES string of the molecule is O=C(O[C-]1CCCCC1)c1cnccn1.[Y]. The summed E-state index contributed by atoms with van der Waals surface area (Å²) in [6.07, 6.45) is 10.6. The molecule has 1 fully saturated rings. The summed E-state index contributed by atoms with van der Waals surface area (Å²) in [6.45, 7) is 0. The zero-order chi connectivity index (χ0) is 10.5. The number of aromatic nitrogens is 2. The van der Waals surface area contributed by atoms with E-state index in [0.717, 1.165) is 31.8 Å². The minimum absolute atomic E-state index is 0. The summed E-state index contributed by atoms with van der Waals surface area (Å²) < 4.78 is 5.25. The van der Waals surface area contributed by atoms with Crippen LogP contribution in [0, 0.1) is 6.10 Å². The maximum Gasteiger partial charge on any atom is 0.327 e. The van der Waals surface area contributed by atoms with Gasteiger partial charge >= 0.3 is 5.97 Å². The Bertz CT molecular complexity index is 326. The van der Waals surface area contributed by atoms with Gasteiger partial charge in [-0.05, 0) is 0 Å². The number of carbonyl (C=O) groups excluding carboxylic acids is 1. The minimum atomic E-state index is -0.389. The molecule has 16 heavy (non-hydrogen) atoms. The van der Waals surface area contributed by atoms with Gasteiger partial charge in [-0.15, -0.1) is 18.9 Å². The number of carbonyl (C=O) groups is 1. The Balaban J connectivity index is 0.00000128. The van der Waals surface area contributed by atoms with E-state index in [1.807, 2.05) is 0 Å². The fourth-order valence-corrected chi connectivity index (χ4v) is 1.64. The molecule has 0 N–H and O–H groups in total. The van der Waals surface area contributed by atoms with Crippen molar-refractivity contribution in [1.29, 1.82) is 0 Å². The third-order valence-electron chi connectivity index (χ3n) is 2.42. The van der Waals surface area contributed by atoms with Crippen LogP contribution in [0.5, 0.6) is 0 Å². The molecule has 1 radical (unpaired) electrons. The molecular weight excluding hydrogens is 281 g/mol. The Kier molecular flexibility index (Phi) is 6.06. The van der Waals surface area contributed by atoms with Crippen LogP contribution in [0.2, 0.25) is 0 Å². The first kappa shape index (κ1) is 13.7. The van der Waals surface area contributed by atoms with Crippen molar-refractivity contribution in [1.82, 2.24) is 9.97 Å². The van der Waals surface area contributed by atoms with Crippen molar-refractivity contribution in [2.24, 2.45) is 0 Å². The van der Waals surface area contributed by atoms with E-state index < -0.39 is 0 Å². The van der Waals surface area contributed by atoms with E-state index in [-0.39, 0.29) is 44.4 Å². The Morgan fingerprint density at radius 3 is 2.62 bits per heavy atom. The van der Waals surface area contributed by atoms with Crippen LogP contribution in [0.4, 0.5) is 0 Å². The van der Waals surface area contributed by atoms with E-state index in [2.05, 4.69) is 9.97 Å². The first-order chi connectivity index (χ1) is 7.36. The Labute approximate surface area is 120 Å². The summed E-state index contributed by atoms with van der Waals surface area (Å²) in [4.78, 5) is 19.3. The van der Waals surface area contributed by atoms with Gasteiger partial charge in [0, 0.05) is 45.1 Å². The summed E-state index contributed by atoms with van der Waals surface area (Å²) >= 11 is 0. The van der Waals surface area contributed by atoms with Crippen molar-refractivity contribution in [2.75, 3.05) is 0 Å². The molecule has 0 aromatic carbocycles. The second kappa shape index (κ2) is 7.07. The van der Waals surface area contributed by atoms with Crippen molar-refractivity contribution in [3.05, 3.63) is 30.4 Å². The van der Waals surface area contributed by atoms with E-state index in [9.17, 15) is 4.79 Å². The van der Waals surface area contributed by atoms with Gasteiger partial charge in [0.25, 0.3) is 0 Å². The van der Waals surface area contributed by atoms with Crippen molar-refractivity contribution < 1.29 is 42.2 Å². The van der Waals surface area contributed by atoms with Crippen LogP contribution in [-0.4, -0.2) is 15.9 Å². The van der Waals surface area contributed by atoms with Crippen molar-refractivity contribution >= 4 is 5.97 Å². The molecule has 1 aliphatic carbocycles. The molecule has 0 amide bonds. The van der Waals surface area contributed by atoms with Crippen LogP contribution in [0.1, 0.15) is 42.6 Å². The van der Waals surface area contributed by atoms with Crippen LogP contribution in [0.15, 0.2) is 18.6 Å². The van der Waals surface area contributed by atoms with Crippen LogP contribution in [0.25, 0.3) is 0 Å². The molecule has 83 valence electrons. The molecule has 0 saturated heterocycles. The Morgan fingerprint density at radius 1 is 1.25 bits per heavy atom. The minimum Gasteiger partial charge on any atom is -0.629 e. The standard InChI is InChI=1S/C11H13N2O2.Y/c14-11(10-8-12-6-7-13-10)15-9-4-2-1-3-5-9;/h6-8H,1-5H2;/q-1;. The predicted molar refractivity (Wildman–Crippen MR) is 53.8 cm³/mol. The summed E-state index contributed by atoms with van der Waals surface area (Å²) in [7, 11) is 0. The monoisotopic (exact) mass is 294 g/mol. The van der Waals surface area contributed by atoms with Crippen LogP contribution >= 0.6 is 0 Å². The fourth-order valence-electron chi connectivity index (χ4n) is 1.64. The summed E-state index contributed by atoms with van der Waals surface area (Å²) in [5.41, 5.74) is 0.274. The van der Waals surface area contributed by atoms with Gasteiger partial charge in [0.15, 0.2) is 5.69 Å². The Morgan fingerprint density at radius 2 is 2.00 bits per heavy atom. The zero-order valence-corrected chi connectivity index (χ0v) is 11.9. The maximum atomic E-state index is 11.6. The second-order valence-corrected chi connectivity index (χ2v) is 3.58. The molecule has 1 aromatic heterocycles. The van der Waals surface area contributed by atoms with Gasteiger partial charge in [0.05, 0.1) is 6.20 Å². The fraction of sp³-hybridized carbons (Fsp3) is 0.455. The molecule has 0 bridgehead atoms. The van der Waals surface area contributed by atoms with Crippen molar-refractivity contribution in [3.63, 3.8) is 0 Å². The maximum absolute atomic E-state index is 11.6. The van der Waals surface area contributed by atoms with Gasteiger partial charge in [0.2, 0.25) is 0 Å². The third kappa shape index (κ3) is 3.91. The van der Waals surface area contributed by atoms with Gasteiger partial charge < -0.3 is 4.74 Å². The van der Waals surface area contributed by atoms with E-state index in [4.69, 9.17) is 4.74 Å². The van der Waals surface area contributed by atoms with Gasteiger partial charge in [0.1, 0.15) is 0 Å². The second-order valence-electron chi connectivity index (χ2n) is 3.58. The van der Waals surface area contributed by atoms with Crippen LogP contribution in [0.3, 0.4) is 0 Å². The molecular formula is C11H13N2O2Y-. The topological polar surface area (TPSA) is 52.1 Å². The molecule has 0 atom stereocenters. The quantitative estimate of drug-likeness (QED) is 0.619. The molecule has 5 heteroatoms. The van der Waals surface area contributed by atoms with Gasteiger partial charge in [-0.25, -0.2) is 9.78 Å². The molecule has 1 aliphatic rings. The Hall–Kier alpha value is -0.346. The number of nitrogens with zero attached hydrogens (tertiary/aromatic N) is 2. The summed E-state index contributed by atoms with van der Waals surface area (Å²) in [5.74, 6) is -0.389. The first-order valence-corrected chi connectivity index (χ1v) is 5.19. The molecule has 0 unspecified atom stereocenters. The van der Waals surface area contributed by atoms with Gasteiger partial charge in [-0.3, -0.25) is 4.98 Å². The van der Waals surface area contributed by atoms with Crippen LogP contribution < -0.4 is 0 Å². The van der Waals surface area contributed by atoms with Crippen molar-refractivity contribution in [3.8, 4) is 0 Å². The smallest absolute Gasteiger partial charge is 0.327 e. The van der Waals surface area contributed by atoms with Gasteiger partial charge in [-0.1, -0.05) is 19.3 Å². The van der Waals surface area contributed by atoms with E-state index in [0.29, 0.717) is 0 Å². The average Bonchev–Trinajstić information content (AvgIpc) is 2.31. The van der Waals surface area contributed by atoms with Crippen molar-refractivity contribution in [2.45, 2.75) is 32.1 Å². The van der Waals surface area contributed by atoms with Crippen LogP contribution in [-0.2, 0) is 37.4 Å². The molecule has 0 spiro atoms. The number of esters is 1. The van der Waals surface area contributed by atoms with Gasteiger partial charge in [-0.2, -0.15) is 0 Å². The van der Waals surface area contributed by atoms with E-state index >= 15 is 0 Å². The number of rotatable bonds is 2. The molecule has 1 saturated carbocycles. The number of ether oxygens (including phenoxy) is 1. The predicted octanol–water partition coefficient (Wildman–Crippen LogP) is 2.13. The zero-order valence-electron chi connectivity index (χ0n) is 9.06. The molecule has 0 aliphatic heterocycles. The summed E-state index contributed by atoms with van der Waals surface area (Å²) in [6, 6.07) is 0.